The van der Waals surface area contributed by atoms with Crippen molar-refractivity contribution in [2.75, 3.05) is 17.3 Å². The molecule has 0 bridgehead atoms. The summed E-state index contributed by atoms with van der Waals surface area (Å²) in [6.07, 6.45) is 0.365. The molecule has 2 aromatic carbocycles. The minimum atomic E-state index is -1.06. The zero-order valence-corrected chi connectivity index (χ0v) is 23.0. The van der Waals surface area contributed by atoms with Crippen LogP contribution in [0.25, 0.3) is 0 Å². The number of aryl methyl sites for hydroxylation is 1. The Hall–Kier alpha value is -3.85. The van der Waals surface area contributed by atoms with Crippen LogP contribution in [0.4, 0.5) is 11.5 Å². The number of anilines is 2. The van der Waals surface area contributed by atoms with E-state index in [-0.39, 0.29) is 24.6 Å². The summed E-state index contributed by atoms with van der Waals surface area (Å²) >= 11 is 6.54. The van der Waals surface area contributed by atoms with Crippen molar-refractivity contribution in [3.8, 4) is 5.75 Å². The van der Waals surface area contributed by atoms with Gasteiger partial charge in [-0.2, -0.15) is 0 Å². The van der Waals surface area contributed by atoms with Gasteiger partial charge in [-0.3, -0.25) is 19.3 Å². The van der Waals surface area contributed by atoms with Crippen molar-refractivity contribution in [1.29, 1.82) is 0 Å². The fourth-order valence-corrected chi connectivity index (χ4v) is 3.96. The van der Waals surface area contributed by atoms with Crippen LogP contribution in [0.2, 0.25) is 5.02 Å². The van der Waals surface area contributed by atoms with Gasteiger partial charge < -0.3 is 19.9 Å². The standard InChI is InChI=1S/C28H33ClN4O5/c1-6-28(3,4)31-27(36)26(19-11-13-20(37-5)14-12-19)33(22-10-8-7-9-21(22)29)25(35)16-15-24(34)30-23-17-18(2)38-32-23/h7-14,17,26H,6,15-16H2,1-5H3,(H,31,36)(H,30,32,34). The summed E-state index contributed by atoms with van der Waals surface area (Å²) < 4.78 is 10.2. The van der Waals surface area contributed by atoms with E-state index in [1.807, 2.05) is 20.8 Å². The maximum absolute atomic E-state index is 13.8. The number of nitrogens with one attached hydrogen (secondary N) is 2. The SMILES string of the molecule is CCC(C)(C)NC(=O)C(c1ccc(OC)cc1)N(C(=O)CCC(=O)Nc1cc(C)on1)c1ccccc1Cl. The molecule has 0 spiro atoms. The number of hydrogen-bond donors (Lipinski definition) is 2. The summed E-state index contributed by atoms with van der Waals surface area (Å²) in [5, 5.41) is 9.70. The molecular formula is C28H33ClN4O5. The molecule has 1 atom stereocenters. The molecule has 1 heterocycles. The highest BCUT2D eigenvalue weighted by atomic mass is 35.5. The second-order valence-electron chi connectivity index (χ2n) is 9.49. The average Bonchev–Trinajstić information content (AvgIpc) is 3.30. The molecule has 0 aliphatic carbocycles. The van der Waals surface area contributed by atoms with Crippen molar-refractivity contribution in [2.45, 2.75) is 58.5 Å². The number of para-hydroxylation sites is 1. The Morgan fingerprint density at radius 1 is 1.11 bits per heavy atom. The van der Waals surface area contributed by atoms with Gasteiger partial charge in [0.25, 0.3) is 0 Å². The number of benzene rings is 2. The predicted octanol–water partition coefficient (Wildman–Crippen LogP) is 5.44. The largest absolute Gasteiger partial charge is 0.497 e. The Morgan fingerprint density at radius 2 is 1.79 bits per heavy atom. The number of hydrogen-bond acceptors (Lipinski definition) is 6. The number of carbonyl (C=O) groups excluding carboxylic acids is 3. The van der Waals surface area contributed by atoms with Gasteiger partial charge in [0.2, 0.25) is 17.7 Å². The number of carbonyl (C=O) groups is 3. The Balaban J connectivity index is 1.98. The van der Waals surface area contributed by atoms with Crippen LogP contribution >= 0.6 is 11.6 Å². The first-order chi connectivity index (χ1) is 18.0. The maximum atomic E-state index is 13.8. The van der Waals surface area contributed by atoms with Gasteiger partial charge in [-0.15, -0.1) is 0 Å². The Kier molecular flexibility index (Phi) is 9.52. The van der Waals surface area contributed by atoms with E-state index in [0.717, 1.165) is 0 Å². The van der Waals surface area contributed by atoms with Gasteiger partial charge in [-0.25, -0.2) is 0 Å². The molecule has 1 aromatic heterocycles. The molecule has 0 fully saturated rings. The summed E-state index contributed by atoms with van der Waals surface area (Å²) in [7, 11) is 1.55. The third-order valence-electron chi connectivity index (χ3n) is 6.13. The van der Waals surface area contributed by atoms with Crippen LogP contribution in [0.1, 0.15) is 57.4 Å². The van der Waals surface area contributed by atoms with Crippen molar-refractivity contribution in [2.24, 2.45) is 0 Å². The van der Waals surface area contributed by atoms with Crippen molar-refractivity contribution in [1.82, 2.24) is 10.5 Å². The molecule has 10 heteroatoms. The second-order valence-corrected chi connectivity index (χ2v) is 9.90. The number of ether oxygens (including phenoxy) is 1. The normalized spacial score (nSPS) is 11.9. The van der Waals surface area contributed by atoms with Crippen molar-refractivity contribution in [3.63, 3.8) is 0 Å². The third-order valence-corrected chi connectivity index (χ3v) is 6.45. The Morgan fingerprint density at radius 3 is 2.37 bits per heavy atom. The number of aromatic nitrogens is 1. The minimum absolute atomic E-state index is 0.136. The summed E-state index contributed by atoms with van der Waals surface area (Å²) in [6, 6.07) is 14.2. The lowest BCUT2D eigenvalue weighted by atomic mass is 9.98. The quantitative estimate of drug-likeness (QED) is 0.334. The van der Waals surface area contributed by atoms with E-state index < -0.39 is 23.4 Å². The van der Waals surface area contributed by atoms with Crippen LogP contribution in [-0.2, 0) is 14.4 Å². The first-order valence-corrected chi connectivity index (χ1v) is 12.7. The molecule has 0 aliphatic rings. The average molecular weight is 541 g/mol. The van der Waals surface area contributed by atoms with E-state index >= 15 is 0 Å². The lowest BCUT2D eigenvalue weighted by Gasteiger charge is -2.35. The lowest BCUT2D eigenvalue weighted by molar-refractivity contribution is -0.128. The third kappa shape index (κ3) is 7.35. The van der Waals surface area contributed by atoms with Gasteiger partial charge in [0.1, 0.15) is 17.6 Å². The van der Waals surface area contributed by atoms with Crippen LogP contribution in [0, 0.1) is 6.92 Å². The summed E-state index contributed by atoms with van der Waals surface area (Å²) in [5.41, 5.74) is 0.398. The van der Waals surface area contributed by atoms with Crippen molar-refractivity contribution < 1.29 is 23.6 Å². The molecule has 0 aliphatic heterocycles. The number of halogens is 1. The van der Waals surface area contributed by atoms with Crippen LogP contribution in [0.15, 0.2) is 59.1 Å². The monoisotopic (exact) mass is 540 g/mol. The first-order valence-electron chi connectivity index (χ1n) is 12.3. The summed E-state index contributed by atoms with van der Waals surface area (Å²) in [4.78, 5) is 41.5. The van der Waals surface area contributed by atoms with Gasteiger partial charge >= 0.3 is 0 Å². The molecule has 3 aromatic rings. The molecule has 0 saturated heterocycles. The van der Waals surface area contributed by atoms with E-state index in [1.54, 1.807) is 68.6 Å². The van der Waals surface area contributed by atoms with Gasteiger partial charge in [0, 0.05) is 24.4 Å². The van der Waals surface area contributed by atoms with Crippen LogP contribution in [0.5, 0.6) is 5.75 Å². The van der Waals surface area contributed by atoms with E-state index in [1.165, 1.54) is 4.90 Å². The smallest absolute Gasteiger partial charge is 0.248 e. The van der Waals surface area contributed by atoms with Crippen molar-refractivity contribution in [3.05, 3.63) is 70.9 Å². The Labute approximate surface area is 227 Å². The number of nitrogens with zero attached hydrogens (tertiary/aromatic N) is 2. The molecule has 2 N–H and O–H groups in total. The molecule has 3 rings (SSSR count). The number of amides is 3. The topological polar surface area (TPSA) is 114 Å². The zero-order valence-electron chi connectivity index (χ0n) is 22.2. The predicted molar refractivity (Wildman–Crippen MR) is 146 cm³/mol. The van der Waals surface area contributed by atoms with Gasteiger partial charge in [-0.05, 0) is 57.0 Å². The van der Waals surface area contributed by atoms with Crippen LogP contribution in [-0.4, -0.2) is 35.5 Å². The lowest BCUT2D eigenvalue weighted by Crippen LogP contribution is -2.50. The van der Waals surface area contributed by atoms with Crippen molar-refractivity contribution >= 4 is 40.8 Å². The van der Waals surface area contributed by atoms with Gasteiger partial charge in [-0.1, -0.05) is 47.9 Å². The highest BCUT2D eigenvalue weighted by Crippen LogP contribution is 2.35. The van der Waals surface area contributed by atoms with Crippen LogP contribution < -0.4 is 20.3 Å². The molecular weight excluding hydrogens is 508 g/mol. The van der Waals surface area contributed by atoms with Gasteiger partial charge in [0.15, 0.2) is 5.82 Å². The zero-order chi connectivity index (χ0) is 27.9. The highest BCUT2D eigenvalue weighted by Gasteiger charge is 2.35. The summed E-state index contributed by atoms with van der Waals surface area (Å²) in [6.45, 7) is 7.49. The highest BCUT2D eigenvalue weighted by molar-refractivity contribution is 6.34. The van der Waals surface area contributed by atoms with E-state index in [9.17, 15) is 14.4 Å². The molecule has 1 unspecified atom stereocenters. The molecule has 9 nitrogen and oxygen atoms in total. The fraction of sp³-hybridized carbons (Fsp3) is 0.357. The molecule has 0 saturated carbocycles. The minimum Gasteiger partial charge on any atom is -0.497 e. The molecule has 3 amide bonds. The first kappa shape index (κ1) is 28.7. The maximum Gasteiger partial charge on any atom is 0.248 e. The molecule has 202 valence electrons. The van der Waals surface area contributed by atoms with E-state index in [4.69, 9.17) is 20.9 Å². The molecule has 38 heavy (non-hydrogen) atoms. The Bertz CT molecular complexity index is 1270. The fourth-order valence-electron chi connectivity index (χ4n) is 3.73. The second kappa shape index (κ2) is 12.6. The van der Waals surface area contributed by atoms with E-state index in [0.29, 0.717) is 34.2 Å². The number of methoxy groups -OCH3 is 1. The van der Waals surface area contributed by atoms with Crippen LogP contribution in [0.3, 0.4) is 0 Å². The molecule has 0 radical (unpaired) electrons. The van der Waals surface area contributed by atoms with E-state index in [2.05, 4.69) is 15.8 Å². The summed E-state index contributed by atoms with van der Waals surface area (Å²) in [5.74, 6) is 0.179. The number of rotatable bonds is 11. The van der Waals surface area contributed by atoms with Gasteiger partial charge in [0.05, 0.1) is 17.8 Å².